The smallest absolute Gasteiger partial charge is 0.374 e. The van der Waals surface area contributed by atoms with E-state index in [1.165, 1.54) is 12.3 Å². The van der Waals surface area contributed by atoms with Crippen molar-refractivity contribution in [1.82, 2.24) is 4.90 Å². The summed E-state index contributed by atoms with van der Waals surface area (Å²) in [6.45, 7) is -0.338. The second-order valence-electron chi connectivity index (χ2n) is 3.09. The number of carbonyl (C=O) groups is 2. The number of nitrogens with zero attached hydrogens (tertiary/aromatic N) is 3. The van der Waals surface area contributed by atoms with Gasteiger partial charge in [-0.25, -0.2) is 4.79 Å². The molecule has 1 N–H and O–H groups in total. The van der Waals surface area contributed by atoms with E-state index in [0.717, 1.165) is 0 Å². The first-order valence-electron chi connectivity index (χ1n) is 4.45. The minimum Gasteiger partial charge on any atom is -0.452 e. The Morgan fingerprint density at radius 1 is 1.76 bits per heavy atom. The fraction of sp³-hybridized carbons (Fsp3) is 0.333. The summed E-state index contributed by atoms with van der Waals surface area (Å²) >= 11 is 0. The first-order chi connectivity index (χ1) is 8.08. The van der Waals surface area contributed by atoms with Crippen LogP contribution in [0.15, 0.2) is 17.1 Å². The summed E-state index contributed by atoms with van der Waals surface area (Å²) < 4.78 is 9.32. The largest absolute Gasteiger partial charge is 0.452 e. The summed E-state index contributed by atoms with van der Waals surface area (Å²) in [5.74, 6) is -1.30. The highest BCUT2D eigenvalue weighted by Crippen LogP contribution is 2.09. The number of nitriles is 1. The summed E-state index contributed by atoms with van der Waals surface area (Å²) in [6, 6.07) is 1.33. The lowest BCUT2D eigenvalue weighted by Crippen LogP contribution is -2.18. The molecule has 1 aliphatic heterocycles. The average Bonchev–Trinajstić information content (AvgIpc) is 2.59. The molecule has 0 unspecified atom stereocenters. The molecule has 0 aliphatic carbocycles. The topological polar surface area (TPSA) is 112 Å². The molecule has 0 fully saturated rings. The molecule has 0 aromatic carbocycles. The van der Waals surface area contributed by atoms with E-state index in [1.807, 2.05) is 0 Å². The van der Waals surface area contributed by atoms with E-state index < -0.39 is 18.5 Å². The predicted octanol–water partition coefficient (Wildman–Crippen LogP) is -0.787. The Kier molecular flexibility index (Phi) is 4.05. The molecule has 0 radical (unpaired) electrons. The molecular weight excluding hydrogens is 230 g/mol. The van der Waals surface area contributed by atoms with E-state index in [2.05, 4.69) is 9.89 Å². The van der Waals surface area contributed by atoms with Crippen molar-refractivity contribution in [2.45, 2.75) is 0 Å². The monoisotopic (exact) mass is 239 g/mol. The fourth-order valence-corrected chi connectivity index (χ4v) is 1.06. The number of carbonyl (C=O) groups excluding carboxylic acids is 2. The molecule has 8 heteroatoms. The number of rotatable bonds is 4. The second kappa shape index (κ2) is 5.50. The van der Waals surface area contributed by atoms with Crippen LogP contribution in [0.25, 0.3) is 0 Å². The van der Waals surface area contributed by atoms with E-state index in [4.69, 9.17) is 15.2 Å². The maximum absolute atomic E-state index is 11.2. The number of Topliss-reactive ketones (excluding diaryl/α,β-unsaturated/α-hetero) is 1. The lowest BCUT2D eigenvalue weighted by Gasteiger charge is -2.04. The maximum Gasteiger partial charge on any atom is 0.374 e. The average molecular weight is 239 g/mol. The van der Waals surface area contributed by atoms with Gasteiger partial charge >= 0.3 is 5.97 Å². The van der Waals surface area contributed by atoms with E-state index in [0.29, 0.717) is 0 Å². The van der Waals surface area contributed by atoms with Gasteiger partial charge < -0.3 is 19.6 Å². The van der Waals surface area contributed by atoms with Gasteiger partial charge in [0.15, 0.2) is 5.76 Å². The van der Waals surface area contributed by atoms with Crippen LogP contribution in [-0.2, 0) is 19.1 Å². The molecule has 90 valence electrons. The predicted molar refractivity (Wildman–Crippen MR) is 52.6 cm³/mol. The number of hydrogen-bond donors (Lipinski definition) is 1. The van der Waals surface area contributed by atoms with Gasteiger partial charge in [-0.1, -0.05) is 5.16 Å². The van der Waals surface area contributed by atoms with Gasteiger partial charge in [-0.3, -0.25) is 4.79 Å². The van der Waals surface area contributed by atoms with Gasteiger partial charge in [0.1, 0.15) is 6.07 Å². The highest BCUT2D eigenvalue weighted by Gasteiger charge is 2.21. The third-order valence-corrected chi connectivity index (χ3v) is 1.81. The van der Waals surface area contributed by atoms with Crippen molar-refractivity contribution in [3.05, 3.63) is 12.0 Å². The molecule has 8 nitrogen and oxygen atoms in total. The molecule has 17 heavy (non-hydrogen) atoms. The molecule has 0 saturated heterocycles. The van der Waals surface area contributed by atoms with Gasteiger partial charge in [-0.15, -0.1) is 0 Å². The Labute approximate surface area is 96.3 Å². The Bertz CT molecular complexity index is 434. The van der Waals surface area contributed by atoms with E-state index in [1.54, 1.807) is 11.9 Å². The summed E-state index contributed by atoms with van der Waals surface area (Å²) in [6.07, 6.45) is 1.46. The SMILES string of the molecule is CN1C=C(OCOC(=O)C(C#N)=NO)C(=O)C1. The molecule has 0 aromatic heterocycles. The molecule has 1 heterocycles. The van der Waals surface area contributed by atoms with Crippen molar-refractivity contribution in [2.24, 2.45) is 5.16 Å². The van der Waals surface area contributed by atoms with Gasteiger partial charge in [0, 0.05) is 13.2 Å². The van der Waals surface area contributed by atoms with Gasteiger partial charge in [-0.2, -0.15) is 5.26 Å². The Hall–Kier alpha value is -2.56. The van der Waals surface area contributed by atoms with Gasteiger partial charge in [0.25, 0.3) is 5.71 Å². The van der Waals surface area contributed by atoms with Crippen molar-refractivity contribution in [3.8, 4) is 6.07 Å². The number of esters is 1. The van der Waals surface area contributed by atoms with Gasteiger partial charge in [0.2, 0.25) is 12.6 Å². The Morgan fingerprint density at radius 3 is 2.94 bits per heavy atom. The third kappa shape index (κ3) is 3.20. The lowest BCUT2D eigenvalue weighted by atomic mass is 10.4. The number of ether oxygens (including phenoxy) is 2. The highest BCUT2D eigenvalue weighted by molar-refractivity contribution is 6.42. The van der Waals surface area contributed by atoms with Crippen LogP contribution < -0.4 is 0 Å². The van der Waals surface area contributed by atoms with Gasteiger partial charge in [0.05, 0.1) is 6.54 Å². The van der Waals surface area contributed by atoms with Crippen molar-refractivity contribution < 1.29 is 24.3 Å². The third-order valence-electron chi connectivity index (χ3n) is 1.81. The van der Waals surface area contributed by atoms with Crippen LogP contribution in [0.5, 0.6) is 0 Å². The van der Waals surface area contributed by atoms with Gasteiger partial charge in [-0.05, 0) is 0 Å². The van der Waals surface area contributed by atoms with Crippen LogP contribution in [-0.4, -0.2) is 48.0 Å². The van der Waals surface area contributed by atoms with Crippen molar-refractivity contribution in [3.63, 3.8) is 0 Å². The molecule has 0 amide bonds. The number of oxime groups is 1. The van der Waals surface area contributed by atoms with Crippen molar-refractivity contribution in [2.75, 3.05) is 20.4 Å². The quantitative estimate of drug-likeness (QED) is 0.225. The standard InChI is InChI=1S/C9H9N3O5/c1-12-3-7(13)8(4-12)16-5-17-9(14)6(2-10)11-15/h4,15H,3,5H2,1H3. The lowest BCUT2D eigenvalue weighted by molar-refractivity contribution is -0.146. The van der Waals surface area contributed by atoms with Crippen LogP contribution in [0.3, 0.4) is 0 Å². The fourth-order valence-electron chi connectivity index (χ4n) is 1.06. The molecule has 1 rings (SSSR count). The molecular formula is C9H9N3O5. The number of likely N-dealkylation sites (N-methyl/N-ethyl adjacent to an activating group) is 1. The van der Waals surface area contributed by atoms with Crippen LogP contribution in [0.1, 0.15) is 0 Å². The highest BCUT2D eigenvalue weighted by atomic mass is 16.7. The molecule has 0 saturated carbocycles. The van der Waals surface area contributed by atoms with E-state index >= 15 is 0 Å². The zero-order valence-electron chi connectivity index (χ0n) is 8.91. The Morgan fingerprint density at radius 2 is 2.47 bits per heavy atom. The maximum atomic E-state index is 11.2. The second-order valence-corrected chi connectivity index (χ2v) is 3.09. The molecule has 0 spiro atoms. The summed E-state index contributed by atoms with van der Waals surface area (Å²) in [4.78, 5) is 23.8. The number of ketones is 1. The normalized spacial score (nSPS) is 15.3. The van der Waals surface area contributed by atoms with Crippen LogP contribution in [0, 0.1) is 11.3 Å². The molecule has 0 aromatic rings. The zero-order valence-corrected chi connectivity index (χ0v) is 8.91. The van der Waals surface area contributed by atoms with Crippen LogP contribution in [0.4, 0.5) is 0 Å². The van der Waals surface area contributed by atoms with Crippen LogP contribution in [0.2, 0.25) is 0 Å². The Balaban J connectivity index is 2.39. The van der Waals surface area contributed by atoms with Crippen LogP contribution >= 0.6 is 0 Å². The molecule has 0 bridgehead atoms. The van der Waals surface area contributed by atoms with Crippen molar-refractivity contribution in [1.29, 1.82) is 5.26 Å². The number of hydrogen-bond acceptors (Lipinski definition) is 8. The minimum atomic E-state index is -1.13. The molecule has 0 atom stereocenters. The first kappa shape index (κ1) is 12.5. The zero-order chi connectivity index (χ0) is 12.8. The first-order valence-corrected chi connectivity index (χ1v) is 4.45. The summed E-state index contributed by atoms with van der Waals surface area (Å²) in [5.41, 5.74) is -0.794. The summed E-state index contributed by atoms with van der Waals surface area (Å²) in [5, 5.41) is 19.0. The van der Waals surface area contributed by atoms with E-state index in [9.17, 15) is 9.59 Å². The minimum absolute atomic E-state index is 0.0692. The summed E-state index contributed by atoms with van der Waals surface area (Å²) in [7, 11) is 1.69. The molecule has 1 aliphatic rings. The van der Waals surface area contributed by atoms with E-state index in [-0.39, 0.29) is 18.1 Å². The van der Waals surface area contributed by atoms with Crippen molar-refractivity contribution >= 4 is 17.5 Å².